The predicted octanol–water partition coefficient (Wildman–Crippen LogP) is -1.29. The molecule has 0 aromatic carbocycles. The van der Waals surface area contributed by atoms with Crippen LogP contribution in [0.3, 0.4) is 0 Å². The number of esters is 1. The summed E-state index contributed by atoms with van der Waals surface area (Å²) in [6, 6.07) is 0. The molecule has 0 aromatic rings. The maximum absolute atomic E-state index is 12.2. The van der Waals surface area contributed by atoms with E-state index in [1.807, 2.05) is 0 Å². The highest BCUT2D eigenvalue weighted by Crippen LogP contribution is 2.55. The molecule has 1 saturated carbocycles. The van der Waals surface area contributed by atoms with Gasteiger partial charge in [0.2, 0.25) is 5.79 Å². The van der Waals surface area contributed by atoms with Crippen molar-refractivity contribution in [1.82, 2.24) is 0 Å². The van der Waals surface area contributed by atoms with Crippen LogP contribution >= 0.6 is 0 Å². The summed E-state index contributed by atoms with van der Waals surface area (Å²) >= 11 is 0. The molecule has 2 saturated heterocycles. The fraction of sp³-hybridized carbons (Fsp3) is 0.727. The maximum atomic E-state index is 12.2. The third-order valence-corrected chi connectivity index (χ3v) is 4.04. The molecule has 0 aromatic heterocycles. The molecule has 0 radical (unpaired) electrons. The van der Waals surface area contributed by atoms with Crippen LogP contribution in [0.4, 0.5) is 0 Å². The van der Waals surface area contributed by atoms with Crippen molar-refractivity contribution in [1.29, 1.82) is 0 Å². The first-order valence-corrected chi connectivity index (χ1v) is 5.62. The molecule has 1 spiro atoms. The number of hydrogen-bond donors (Lipinski definition) is 1. The number of carbonyl (C=O) groups is 3. The molecule has 3 aliphatic rings. The lowest BCUT2D eigenvalue weighted by Crippen LogP contribution is -2.71. The van der Waals surface area contributed by atoms with Gasteiger partial charge in [-0.15, -0.1) is 0 Å². The summed E-state index contributed by atoms with van der Waals surface area (Å²) in [4.78, 5) is 35.6. The molecular weight excluding hydrogens is 244 g/mol. The fourth-order valence-electron chi connectivity index (χ4n) is 3.14. The molecule has 3 rings (SSSR count). The SMILES string of the molecule is CO[C@]12CC(=O)O[C@]13C(=O)CCC(=O)[C@]3(O)CO2. The summed E-state index contributed by atoms with van der Waals surface area (Å²) in [7, 11) is 1.25. The number of Topliss-reactive ketones (excluding diaryl/α,β-unsaturated/α-hetero) is 2. The lowest BCUT2D eigenvalue weighted by molar-refractivity contribution is -0.247. The molecule has 3 atom stereocenters. The summed E-state index contributed by atoms with van der Waals surface area (Å²) in [6.07, 6.45) is -0.495. The molecule has 3 fully saturated rings. The third-order valence-electron chi connectivity index (χ3n) is 4.04. The second-order valence-corrected chi connectivity index (χ2v) is 4.78. The van der Waals surface area contributed by atoms with Gasteiger partial charge in [0, 0.05) is 20.0 Å². The molecule has 0 amide bonds. The minimum absolute atomic E-state index is 0.0855. The van der Waals surface area contributed by atoms with E-state index < -0.39 is 41.1 Å². The minimum Gasteiger partial charge on any atom is -0.441 e. The van der Waals surface area contributed by atoms with Gasteiger partial charge in [-0.05, 0) is 0 Å². The van der Waals surface area contributed by atoms with Gasteiger partial charge in [-0.1, -0.05) is 0 Å². The monoisotopic (exact) mass is 256 g/mol. The van der Waals surface area contributed by atoms with Gasteiger partial charge >= 0.3 is 5.97 Å². The van der Waals surface area contributed by atoms with Gasteiger partial charge in [-0.25, -0.2) is 0 Å². The van der Waals surface area contributed by atoms with Gasteiger partial charge in [0.25, 0.3) is 5.60 Å². The minimum atomic E-state index is -2.13. The van der Waals surface area contributed by atoms with Gasteiger partial charge < -0.3 is 19.3 Å². The molecule has 18 heavy (non-hydrogen) atoms. The second-order valence-electron chi connectivity index (χ2n) is 4.78. The zero-order valence-electron chi connectivity index (χ0n) is 9.73. The number of aliphatic hydroxyl groups is 1. The third kappa shape index (κ3) is 0.955. The number of methoxy groups -OCH3 is 1. The van der Waals surface area contributed by atoms with Crippen LogP contribution in [0.1, 0.15) is 19.3 Å². The topological polar surface area (TPSA) is 99.1 Å². The van der Waals surface area contributed by atoms with Crippen molar-refractivity contribution in [2.24, 2.45) is 0 Å². The van der Waals surface area contributed by atoms with E-state index in [2.05, 4.69) is 0 Å². The van der Waals surface area contributed by atoms with E-state index in [1.165, 1.54) is 7.11 Å². The number of rotatable bonds is 1. The number of hydrogen-bond acceptors (Lipinski definition) is 7. The van der Waals surface area contributed by atoms with E-state index in [0.29, 0.717) is 0 Å². The Balaban J connectivity index is 2.24. The summed E-state index contributed by atoms with van der Waals surface area (Å²) in [5.74, 6) is -3.50. The Morgan fingerprint density at radius 3 is 2.56 bits per heavy atom. The van der Waals surface area contributed by atoms with Crippen LogP contribution in [0.2, 0.25) is 0 Å². The van der Waals surface area contributed by atoms with E-state index in [-0.39, 0.29) is 19.3 Å². The van der Waals surface area contributed by atoms with Gasteiger partial charge in [-0.2, -0.15) is 0 Å². The first kappa shape index (κ1) is 11.8. The first-order chi connectivity index (χ1) is 8.42. The van der Waals surface area contributed by atoms with Crippen molar-refractivity contribution in [3.63, 3.8) is 0 Å². The van der Waals surface area contributed by atoms with E-state index >= 15 is 0 Å². The molecule has 98 valence electrons. The van der Waals surface area contributed by atoms with Crippen molar-refractivity contribution in [2.45, 2.75) is 36.3 Å². The average molecular weight is 256 g/mol. The van der Waals surface area contributed by atoms with Crippen molar-refractivity contribution >= 4 is 17.5 Å². The quantitative estimate of drug-likeness (QED) is 0.582. The molecule has 0 unspecified atom stereocenters. The molecule has 0 bridgehead atoms. The Labute approximate surface area is 102 Å². The Bertz CT molecular complexity index is 472. The Morgan fingerprint density at radius 1 is 1.22 bits per heavy atom. The van der Waals surface area contributed by atoms with Crippen LogP contribution in [0, 0.1) is 0 Å². The highest BCUT2D eigenvalue weighted by atomic mass is 16.8. The Kier molecular flexibility index (Phi) is 2.07. The van der Waals surface area contributed by atoms with Crippen LogP contribution in [-0.4, -0.2) is 53.3 Å². The van der Waals surface area contributed by atoms with Crippen LogP contribution in [-0.2, 0) is 28.6 Å². The molecule has 1 N–H and O–H groups in total. The normalized spacial score (nSPS) is 46.9. The molecule has 7 nitrogen and oxygen atoms in total. The number of carbonyl (C=O) groups excluding carboxylic acids is 3. The van der Waals surface area contributed by atoms with Crippen molar-refractivity contribution in [3.8, 4) is 0 Å². The van der Waals surface area contributed by atoms with Crippen LogP contribution < -0.4 is 0 Å². The highest BCUT2D eigenvalue weighted by molar-refractivity contribution is 6.08. The van der Waals surface area contributed by atoms with Gasteiger partial charge in [0.05, 0.1) is 6.61 Å². The molecule has 2 aliphatic heterocycles. The lowest BCUT2D eigenvalue weighted by Gasteiger charge is -2.42. The summed E-state index contributed by atoms with van der Waals surface area (Å²) in [5, 5.41) is 10.5. The molecular formula is C11H12O7. The molecule has 7 heteroatoms. The van der Waals surface area contributed by atoms with E-state index in [9.17, 15) is 19.5 Å². The van der Waals surface area contributed by atoms with Gasteiger partial charge in [0.15, 0.2) is 17.2 Å². The zero-order chi connectivity index (χ0) is 13.2. The van der Waals surface area contributed by atoms with Crippen molar-refractivity contribution < 1.29 is 33.7 Å². The maximum Gasteiger partial charge on any atom is 0.312 e. The predicted molar refractivity (Wildman–Crippen MR) is 53.3 cm³/mol. The Morgan fingerprint density at radius 2 is 1.89 bits per heavy atom. The lowest BCUT2D eigenvalue weighted by atomic mass is 9.68. The first-order valence-electron chi connectivity index (χ1n) is 5.62. The smallest absolute Gasteiger partial charge is 0.312 e. The average Bonchev–Trinajstić information content (AvgIpc) is 2.77. The summed E-state index contributed by atoms with van der Waals surface area (Å²) in [6.45, 7) is -0.404. The van der Waals surface area contributed by atoms with Crippen LogP contribution in [0.25, 0.3) is 0 Å². The highest BCUT2D eigenvalue weighted by Gasteiger charge is 2.83. The van der Waals surface area contributed by atoms with E-state index in [1.54, 1.807) is 0 Å². The largest absolute Gasteiger partial charge is 0.441 e. The van der Waals surface area contributed by atoms with Gasteiger partial charge in [0.1, 0.15) is 6.42 Å². The second kappa shape index (κ2) is 3.17. The van der Waals surface area contributed by atoms with Gasteiger partial charge in [-0.3, -0.25) is 14.4 Å². The van der Waals surface area contributed by atoms with Crippen molar-refractivity contribution in [2.75, 3.05) is 13.7 Å². The fourth-order valence-corrected chi connectivity index (χ4v) is 3.14. The van der Waals surface area contributed by atoms with Crippen LogP contribution in [0.5, 0.6) is 0 Å². The number of ether oxygens (including phenoxy) is 3. The summed E-state index contributed by atoms with van der Waals surface area (Å²) < 4.78 is 15.5. The number of ketones is 2. The standard InChI is InChI=1S/C11H12O7/c1-16-10-4-8(14)18-11(10)7(13)3-2-6(12)9(11,15)5-17-10/h15H,2-5H2,1H3/t9-,10+,11+/m1/s1. The molecule has 1 aliphatic carbocycles. The zero-order valence-corrected chi connectivity index (χ0v) is 9.73. The van der Waals surface area contributed by atoms with E-state index in [0.717, 1.165) is 0 Å². The Hall–Kier alpha value is -1.31. The van der Waals surface area contributed by atoms with Crippen molar-refractivity contribution in [3.05, 3.63) is 0 Å². The van der Waals surface area contributed by atoms with Crippen LogP contribution in [0.15, 0.2) is 0 Å². The summed E-state index contributed by atoms with van der Waals surface area (Å²) in [5.41, 5.74) is -4.17. The van der Waals surface area contributed by atoms with E-state index in [4.69, 9.17) is 14.2 Å². The molecule has 2 heterocycles.